The zero-order chi connectivity index (χ0) is 13.7. The van der Waals surface area contributed by atoms with Gasteiger partial charge in [-0.25, -0.2) is 0 Å². The first kappa shape index (κ1) is 13.9. The maximum absolute atomic E-state index is 11.6. The molecule has 1 aliphatic heterocycles. The minimum atomic E-state index is -0.580. The van der Waals surface area contributed by atoms with Crippen molar-refractivity contribution in [3.8, 4) is 0 Å². The third-order valence-corrected chi connectivity index (χ3v) is 3.64. The van der Waals surface area contributed by atoms with Gasteiger partial charge in [0.05, 0.1) is 6.10 Å². The lowest BCUT2D eigenvalue weighted by Gasteiger charge is -2.31. The number of primary amides is 1. The van der Waals surface area contributed by atoms with E-state index in [-0.39, 0.29) is 11.9 Å². The molecule has 1 saturated carbocycles. The molecule has 0 aromatic heterocycles. The summed E-state index contributed by atoms with van der Waals surface area (Å²) in [7, 11) is 0. The molecule has 0 atom stereocenters. The van der Waals surface area contributed by atoms with Crippen molar-refractivity contribution in [3.63, 3.8) is 0 Å². The van der Waals surface area contributed by atoms with Gasteiger partial charge in [-0.05, 0) is 25.7 Å². The van der Waals surface area contributed by atoms with Crippen LogP contribution in [0, 0.1) is 5.41 Å². The van der Waals surface area contributed by atoms with Crippen LogP contribution in [-0.2, 0) is 9.53 Å². The Kier molecular flexibility index (Phi) is 4.79. The molecule has 0 spiro atoms. The lowest BCUT2D eigenvalue weighted by atomic mass is 10.2. The average molecular weight is 266 g/mol. The van der Waals surface area contributed by atoms with Crippen molar-refractivity contribution in [1.82, 2.24) is 10.2 Å². The zero-order valence-electron chi connectivity index (χ0n) is 11.2. The molecule has 1 amide bonds. The Balaban J connectivity index is 2.17. The van der Waals surface area contributed by atoms with Gasteiger partial charge in [0.1, 0.15) is 5.70 Å². The van der Waals surface area contributed by atoms with Gasteiger partial charge >= 0.3 is 0 Å². The summed E-state index contributed by atoms with van der Waals surface area (Å²) in [5.41, 5.74) is 5.95. The van der Waals surface area contributed by atoms with Crippen molar-refractivity contribution in [1.29, 1.82) is 5.41 Å². The molecular weight excluding hydrogens is 244 g/mol. The van der Waals surface area contributed by atoms with Gasteiger partial charge in [0, 0.05) is 32.4 Å². The van der Waals surface area contributed by atoms with E-state index >= 15 is 0 Å². The maximum Gasteiger partial charge on any atom is 0.286 e. The maximum atomic E-state index is 11.6. The Morgan fingerprint density at radius 1 is 1.32 bits per heavy atom. The second-order valence-electron chi connectivity index (χ2n) is 4.98. The van der Waals surface area contributed by atoms with Gasteiger partial charge in [0.2, 0.25) is 5.76 Å². The summed E-state index contributed by atoms with van der Waals surface area (Å²) >= 11 is 0. The van der Waals surface area contributed by atoms with Crippen molar-refractivity contribution in [2.45, 2.75) is 31.8 Å². The number of carbonyl (C=O) groups is 1. The van der Waals surface area contributed by atoms with Gasteiger partial charge in [0.15, 0.2) is 0 Å². The summed E-state index contributed by atoms with van der Waals surface area (Å²) in [6, 6.07) is 0. The Morgan fingerprint density at radius 3 is 2.47 bits per heavy atom. The lowest BCUT2D eigenvalue weighted by Crippen LogP contribution is -2.44. The van der Waals surface area contributed by atoms with Crippen molar-refractivity contribution < 1.29 is 9.53 Å². The highest BCUT2D eigenvalue weighted by molar-refractivity contribution is 5.96. The number of hydrogen-bond donors (Lipinski definition) is 3. The van der Waals surface area contributed by atoms with E-state index in [2.05, 4.69) is 5.32 Å². The van der Waals surface area contributed by atoms with Crippen LogP contribution in [-0.4, -0.2) is 49.3 Å². The molecule has 2 aliphatic rings. The number of ether oxygens (including phenoxy) is 1. The first-order valence-electron chi connectivity index (χ1n) is 6.89. The smallest absolute Gasteiger partial charge is 0.286 e. The van der Waals surface area contributed by atoms with Gasteiger partial charge in [-0.1, -0.05) is 0 Å². The second-order valence-corrected chi connectivity index (χ2v) is 4.98. The Bertz CT molecular complexity index is 369. The summed E-state index contributed by atoms with van der Waals surface area (Å²) in [6.45, 7) is 3.20. The largest absolute Gasteiger partial charge is 0.483 e. The SMILES string of the molecule is N=C/C(=C(/OC1CCCC1)C(N)=O)N1CCNCC1. The molecule has 106 valence electrons. The number of rotatable bonds is 5. The molecule has 6 heteroatoms. The molecule has 4 N–H and O–H groups in total. The van der Waals surface area contributed by atoms with Gasteiger partial charge in [-0.3, -0.25) is 4.79 Å². The summed E-state index contributed by atoms with van der Waals surface area (Å²) in [5.74, 6) is -0.423. The Labute approximate surface area is 113 Å². The number of allylic oxidation sites excluding steroid dienone is 1. The van der Waals surface area contributed by atoms with E-state index in [0.29, 0.717) is 5.70 Å². The third kappa shape index (κ3) is 3.47. The first-order chi connectivity index (χ1) is 9.22. The molecule has 19 heavy (non-hydrogen) atoms. The monoisotopic (exact) mass is 266 g/mol. The molecule has 1 heterocycles. The number of piperazine rings is 1. The van der Waals surface area contributed by atoms with Gasteiger partial charge in [-0.15, -0.1) is 0 Å². The minimum Gasteiger partial charge on any atom is -0.483 e. The van der Waals surface area contributed by atoms with E-state index in [1.165, 1.54) is 6.21 Å². The van der Waals surface area contributed by atoms with Crippen LogP contribution in [0.5, 0.6) is 0 Å². The number of carbonyl (C=O) groups excluding carboxylic acids is 1. The Morgan fingerprint density at radius 2 is 1.95 bits per heavy atom. The van der Waals surface area contributed by atoms with E-state index in [4.69, 9.17) is 15.9 Å². The molecule has 2 fully saturated rings. The molecule has 0 aromatic carbocycles. The Hall–Kier alpha value is -1.56. The first-order valence-corrected chi connectivity index (χ1v) is 6.89. The fourth-order valence-corrected chi connectivity index (χ4v) is 2.62. The molecule has 0 aromatic rings. The van der Waals surface area contributed by atoms with Crippen LogP contribution in [0.1, 0.15) is 25.7 Å². The summed E-state index contributed by atoms with van der Waals surface area (Å²) < 4.78 is 5.77. The van der Waals surface area contributed by atoms with Crippen LogP contribution in [0.15, 0.2) is 11.5 Å². The highest BCUT2D eigenvalue weighted by Crippen LogP contribution is 2.24. The zero-order valence-corrected chi connectivity index (χ0v) is 11.2. The van der Waals surface area contributed by atoms with Crippen molar-refractivity contribution in [2.24, 2.45) is 5.73 Å². The summed E-state index contributed by atoms with van der Waals surface area (Å²) in [5, 5.41) is 10.8. The topological polar surface area (TPSA) is 91.4 Å². The molecule has 2 rings (SSSR count). The molecule has 0 unspecified atom stereocenters. The molecule has 1 aliphatic carbocycles. The van der Waals surface area contributed by atoms with E-state index in [1.54, 1.807) is 0 Å². The van der Waals surface area contributed by atoms with Gasteiger partial charge < -0.3 is 26.1 Å². The molecule has 0 bridgehead atoms. The van der Waals surface area contributed by atoms with Crippen molar-refractivity contribution >= 4 is 12.1 Å². The molecule has 0 radical (unpaired) electrons. The van der Waals surface area contributed by atoms with Crippen LogP contribution in [0.25, 0.3) is 0 Å². The number of nitrogens with two attached hydrogens (primary N) is 1. The number of hydrogen-bond acceptors (Lipinski definition) is 5. The highest BCUT2D eigenvalue weighted by atomic mass is 16.5. The van der Waals surface area contributed by atoms with Crippen LogP contribution in [0.4, 0.5) is 0 Å². The lowest BCUT2D eigenvalue weighted by molar-refractivity contribution is -0.119. The van der Waals surface area contributed by atoms with Crippen molar-refractivity contribution in [2.75, 3.05) is 26.2 Å². The predicted molar refractivity (Wildman–Crippen MR) is 72.8 cm³/mol. The summed E-state index contributed by atoms with van der Waals surface area (Å²) in [4.78, 5) is 13.6. The number of amides is 1. The van der Waals surface area contributed by atoms with Crippen molar-refractivity contribution in [3.05, 3.63) is 11.5 Å². The van der Waals surface area contributed by atoms with E-state index < -0.39 is 5.91 Å². The molecule has 6 nitrogen and oxygen atoms in total. The normalized spacial score (nSPS) is 22.0. The van der Waals surface area contributed by atoms with Crippen LogP contribution in [0.3, 0.4) is 0 Å². The molecular formula is C13H22N4O2. The fourth-order valence-electron chi connectivity index (χ4n) is 2.62. The van der Waals surface area contributed by atoms with E-state index in [0.717, 1.165) is 51.9 Å². The number of nitrogens with zero attached hydrogens (tertiary/aromatic N) is 1. The van der Waals surface area contributed by atoms with E-state index in [9.17, 15) is 4.79 Å². The predicted octanol–water partition coefficient (Wildman–Crippen LogP) is 0.197. The van der Waals surface area contributed by atoms with Crippen LogP contribution < -0.4 is 11.1 Å². The number of nitrogens with one attached hydrogen (secondary N) is 2. The quantitative estimate of drug-likeness (QED) is 0.376. The van der Waals surface area contributed by atoms with Gasteiger partial charge in [-0.2, -0.15) is 0 Å². The van der Waals surface area contributed by atoms with Crippen LogP contribution >= 0.6 is 0 Å². The average Bonchev–Trinajstić information content (AvgIpc) is 2.92. The standard InChI is InChI=1S/C13H22N4O2/c14-9-11(17-7-5-16-6-8-17)12(13(15)18)19-10-3-1-2-4-10/h9-10,14,16H,1-8H2,(H2,15,18)/b12-11-,14-9?. The fraction of sp³-hybridized carbons (Fsp3) is 0.692. The highest BCUT2D eigenvalue weighted by Gasteiger charge is 2.25. The second kappa shape index (κ2) is 6.56. The minimum absolute atomic E-state index is 0.0698. The van der Waals surface area contributed by atoms with E-state index in [1.807, 2.05) is 4.90 Å². The van der Waals surface area contributed by atoms with Crippen LogP contribution in [0.2, 0.25) is 0 Å². The third-order valence-electron chi connectivity index (χ3n) is 3.64. The summed E-state index contributed by atoms with van der Waals surface area (Å²) in [6.07, 6.45) is 5.43. The van der Waals surface area contributed by atoms with Gasteiger partial charge in [0.25, 0.3) is 5.91 Å². The molecule has 1 saturated heterocycles.